The highest BCUT2D eigenvalue weighted by Gasteiger charge is 2.35. The highest BCUT2D eigenvalue weighted by Crippen LogP contribution is 2.22. The number of anilines is 1. The lowest BCUT2D eigenvalue weighted by molar-refractivity contribution is 0.0851. The first-order valence-corrected chi connectivity index (χ1v) is 10.6. The van der Waals surface area contributed by atoms with Crippen LogP contribution in [-0.2, 0) is 14.6 Å². The Kier molecular flexibility index (Phi) is 5.42. The Morgan fingerprint density at radius 2 is 2.08 bits per heavy atom. The van der Waals surface area contributed by atoms with Crippen LogP contribution in [0.4, 0.5) is 5.69 Å². The molecule has 0 unspecified atom stereocenters. The van der Waals surface area contributed by atoms with Crippen LogP contribution >= 0.6 is 12.2 Å². The van der Waals surface area contributed by atoms with Crippen molar-refractivity contribution in [2.24, 2.45) is 0 Å². The largest absolute Gasteiger partial charge is 0.376 e. The lowest BCUT2D eigenvalue weighted by Crippen LogP contribution is -2.47. The number of nitrogens with zero attached hydrogens (tertiary/aromatic N) is 1. The topological polar surface area (TPSA) is 58.6 Å². The molecule has 7 heteroatoms. The van der Waals surface area contributed by atoms with Crippen LogP contribution in [-0.4, -0.2) is 55.2 Å². The Morgan fingerprint density at radius 3 is 2.67 bits per heavy atom. The highest BCUT2D eigenvalue weighted by molar-refractivity contribution is 7.91. The van der Waals surface area contributed by atoms with Crippen LogP contribution in [0.5, 0.6) is 0 Å². The zero-order chi connectivity index (χ0) is 17.2. The second-order valence-electron chi connectivity index (χ2n) is 6.64. The van der Waals surface area contributed by atoms with Gasteiger partial charge in [-0.1, -0.05) is 17.7 Å². The third-order valence-electron chi connectivity index (χ3n) is 4.64. The molecule has 3 rings (SSSR count). The number of nitrogens with one attached hydrogen (secondary N) is 1. The lowest BCUT2D eigenvalue weighted by Gasteiger charge is -2.33. The molecule has 1 N–H and O–H groups in total. The average molecular weight is 369 g/mol. The summed E-state index contributed by atoms with van der Waals surface area (Å²) >= 11 is 5.60. The first-order valence-electron chi connectivity index (χ1n) is 8.39. The minimum absolute atomic E-state index is 0.0651. The van der Waals surface area contributed by atoms with Crippen molar-refractivity contribution in [1.82, 2.24) is 4.90 Å². The van der Waals surface area contributed by atoms with Crippen LogP contribution in [0.25, 0.3) is 0 Å². The molecule has 0 saturated carbocycles. The fourth-order valence-corrected chi connectivity index (χ4v) is 5.33. The quantitative estimate of drug-likeness (QED) is 0.824. The van der Waals surface area contributed by atoms with Crippen molar-refractivity contribution in [3.05, 3.63) is 29.8 Å². The summed E-state index contributed by atoms with van der Waals surface area (Å²) in [4.78, 5) is 2.02. The molecule has 0 radical (unpaired) electrons. The minimum Gasteiger partial charge on any atom is -0.376 e. The number of rotatable bonds is 4. The fourth-order valence-electron chi connectivity index (χ4n) is 3.26. The van der Waals surface area contributed by atoms with Crippen molar-refractivity contribution >= 4 is 32.9 Å². The molecule has 0 spiro atoms. The molecule has 0 aliphatic carbocycles. The Morgan fingerprint density at radius 1 is 1.33 bits per heavy atom. The molecule has 0 bridgehead atoms. The maximum absolute atomic E-state index is 11.9. The first kappa shape index (κ1) is 17.6. The standard InChI is InChI=1S/C17H24N2O3S2/c1-13-4-6-14(7-5-13)18-17(23)19(11-16-3-2-9-22-16)15-8-10-24(20,21)12-15/h4-7,15-16H,2-3,8-12H2,1H3,(H,18,23)/t15-,16-/m0/s1. The van der Waals surface area contributed by atoms with E-state index < -0.39 is 9.84 Å². The van der Waals surface area contributed by atoms with Gasteiger partial charge in [0, 0.05) is 24.9 Å². The number of thiocarbonyl (C=S) groups is 1. The summed E-state index contributed by atoms with van der Waals surface area (Å²) in [6, 6.07) is 7.95. The van der Waals surface area contributed by atoms with Gasteiger partial charge in [0.2, 0.25) is 0 Å². The van der Waals surface area contributed by atoms with Gasteiger partial charge in [0.25, 0.3) is 0 Å². The van der Waals surface area contributed by atoms with Gasteiger partial charge in [0.15, 0.2) is 14.9 Å². The zero-order valence-electron chi connectivity index (χ0n) is 13.9. The smallest absolute Gasteiger partial charge is 0.173 e. The lowest BCUT2D eigenvalue weighted by atomic mass is 10.2. The molecule has 2 saturated heterocycles. The average Bonchev–Trinajstić information content (AvgIpc) is 3.16. The van der Waals surface area contributed by atoms with E-state index in [1.807, 2.05) is 36.1 Å². The number of hydrogen-bond acceptors (Lipinski definition) is 4. The summed E-state index contributed by atoms with van der Waals surface area (Å²) in [7, 11) is -2.96. The van der Waals surface area contributed by atoms with E-state index in [0.29, 0.717) is 18.1 Å². The van der Waals surface area contributed by atoms with E-state index in [0.717, 1.165) is 25.1 Å². The third-order valence-corrected chi connectivity index (χ3v) is 6.72. The van der Waals surface area contributed by atoms with Crippen LogP contribution in [0.2, 0.25) is 0 Å². The number of sulfone groups is 1. The molecule has 2 aliphatic heterocycles. The second-order valence-corrected chi connectivity index (χ2v) is 9.26. The normalized spacial score (nSPS) is 25.5. The number of ether oxygens (including phenoxy) is 1. The number of hydrogen-bond donors (Lipinski definition) is 1. The van der Waals surface area contributed by atoms with Gasteiger partial charge in [-0.25, -0.2) is 8.42 Å². The summed E-state index contributed by atoms with van der Waals surface area (Å²) in [5.41, 5.74) is 2.10. The van der Waals surface area contributed by atoms with Crippen molar-refractivity contribution in [2.75, 3.05) is 30.0 Å². The Labute approximate surface area is 149 Å². The number of aryl methyl sites for hydroxylation is 1. The van der Waals surface area contributed by atoms with Crippen molar-refractivity contribution in [3.63, 3.8) is 0 Å². The predicted molar refractivity (Wildman–Crippen MR) is 100 cm³/mol. The van der Waals surface area contributed by atoms with Crippen molar-refractivity contribution in [2.45, 2.75) is 38.3 Å². The van der Waals surface area contributed by atoms with Crippen LogP contribution in [0.1, 0.15) is 24.8 Å². The molecule has 24 heavy (non-hydrogen) atoms. The summed E-state index contributed by atoms with van der Waals surface area (Å²) in [5.74, 6) is 0.419. The van der Waals surface area contributed by atoms with Gasteiger partial charge >= 0.3 is 0 Å². The van der Waals surface area contributed by atoms with Crippen LogP contribution in [0, 0.1) is 6.92 Å². The summed E-state index contributed by atoms with van der Waals surface area (Å²) < 4.78 is 29.5. The molecular weight excluding hydrogens is 344 g/mol. The van der Waals surface area contributed by atoms with Gasteiger partial charge in [-0.15, -0.1) is 0 Å². The first-order chi connectivity index (χ1) is 11.4. The van der Waals surface area contributed by atoms with Crippen molar-refractivity contribution < 1.29 is 13.2 Å². The van der Waals surface area contributed by atoms with E-state index in [9.17, 15) is 8.42 Å². The molecule has 1 aromatic rings. The van der Waals surface area contributed by atoms with E-state index in [2.05, 4.69) is 5.32 Å². The summed E-state index contributed by atoms with van der Waals surface area (Å²) in [5, 5.41) is 3.83. The SMILES string of the molecule is Cc1ccc(NC(=S)N(C[C@@H]2CCCO2)[C@H]2CCS(=O)(=O)C2)cc1. The molecule has 2 heterocycles. The Balaban J connectivity index is 1.72. The van der Waals surface area contributed by atoms with Crippen LogP contribution in [0.15, 0.2) is 24.3 Å². The van der Waals surface area contributed by atoms with E-state index in [1.165, 1.54) is 5.56 Å². The van der Waals surface area contributed by atoms with Gasteiger partial charge < -0.3 is 15.0 Å². The molecule has 132 valence electrons. The highest BCUT2D eigenvalue weighted by atomic mass is 32.2. The molecule has 0 aromatic heterocycles. The number of benzene rings is 1. The van der Waals surface area contributed by atoms with E-state index in [-0.39, 0.29) is 23.7 Å². The third kappa shape index (κ3) is 4.46. The molecule has 2 aliphatic rings. The maximum Gasteiger partial charge on any atom is 0.173 e. The van der Waals surface area contributed by atoms with E-state index in [4.69, 9.17) is 17.0 Å². The second kappa shape index (κ2) is 7.37. The Hall–Kier alpha value is -1.18. The monoisotopic (exact) mass is 368 g/mol. The van der Waals surface area contributed by atoms with Crippen molar-refractivity contribution in [1.29, 1.82) is 0 Å². The Bertz CT molecular complexity index is 682. The molecule has 2 atom stereocenters. The molecule has 2 fully saturated rings. The van der Waals surface area contributed by atoms with Gasteiger partial charge in [-0.3, -0.25) is 0 Å². The van der Waals surface area contributed by atoms with Crippen molar-refractivity contribution in [3.8, 4) is 0 Å². The van der Waals surface area contributed by atoms with Crippen LogP contribution in [0.3, 0.4) is 0 Å². The van der Waals surface area contributed by atoms with Gasteiger partial charge in [0.1, 0.15) is 0 Å². The maximum atomic E-state index is 11.9. The molecule has 1 aromatic carbocycles. The van der Waals surface area contributed by atoms with E-state index in [1.54, 1.807) is 0 Å². The summed E-state index contributed by atoms with van der Waals surface area (Å²) in [6.45, 7) is 3.47. The van der Waals surface area contributed by atoms with Gasteiger partial charge in [-0.2, -0.15) is 0 Å². The molecular formula is C17H24N2O3S2. The van der Waals surface area contributed by atoms with Crippen LogP contribution < -0.4 is 5.32 Å². The zero-order valence-corrected chi connectivity index (χ0v) is 15.5. The van der Waals surface area contributed by atoms with E-state index >= 15 is 0 Å². The predicted octanol–water partition coefficient (Wildman–Crippen LogP) is 2.36. The summed E-state index contributed by atoms with van der Waals surface area (Å²) in [6.07, 6.45) is 2.82. The van der Waals surface area contributed by atoms with Gasteiger partial charge in [0.05, 0.1) is 17.6 Å². The molecule has 0 amide bonds. The minimum atomic E-state index is -2.96. The molecule has 5 nitrogen and oxygen atoms in total. The van der Waals surface area contributed by atoms with Gasteiger partial charge in [-0.05, 0) is 50.5 Å². The fraction of sp³-hybridized carbons (Fsp3) is 0.588.